The average Bonchev–Trinajstić information content (AvgIpc) is 3.17. The Morgan fingerprint density at radius 3 is 1.98 bits per heavy atom. The van der Waals surface area contributed by atoms with Crippen LogP contribution in [0.25, 0.3) is 11.1 Å². The lowest BCUT2D eigenvalue weighted by molar-refractivity contribution is -0.253. The minimum absolute atomic E-state index is 0.00667. The molecule has 5 aromatic rings. The first-order valence-electron chi connectivity index (χ1n) is 17.8. The Kier molecular flexibility index (Phi) is 12.6. The largest absolute Gasteiger partial charge is 0.453 e. The van der Waals surface area contributed by atoms with Gasteiger partial charge in [0.15, 0.2) is 12.4 Å². The Balaban J connectivity index is 1.20. The molecule has 1 saturated heterocycles. The maximum atomic E-state index is 12.4. The van der Waals surface area contributed by atoms with Gasteiger partial charge in [0.2, 0.25) is 0 Å². The van der Waals surface area contributed by atoms with E-state index in [1.165, 1.54) is 18.1 Å². The fraction of sp³-hybridized carbons (Fsp3) is 0.273. The minimum atomic E-state index is -0.854. The van der Waals surface area contributed by atoms with Crippen LogP contribution in [0.3, 0.4) is 0 Å². The quantitative estimate of drug-likeness (QED) is 0.115. The highest BCUT2D eigenvalue weighted by molar-refractivity contribution is 5.82. The monoisotopic (exact) mass is 698 g/mol. The third-order valence-electron chi connectivity index (χ3n) is 9.20. The lowest BCUT2D eigenvalue weighted by atomic mass is 9.98. The highest BCUT2D eigenvalue weighted by Crippen LogP contribution is 2.39. The van der Waals surface area contributed by atoms with E-state index in [0.29, 0.717) is 13.0 Å². The zero-order chi connectivity index (χ0) is 36.3. The molecule has 0 aliphatic carbocycles. The predicted octanol–water partition coefficient (Wildman–Crippen LogP) is 7.66. The van der Waals surface area contributed by atoms with Crippen LogP contribution in [0.4, 0.5) is 0 Å². The van der Waals surface area contributed by atoms with Crippen LogP contribution in [-0.2, 0) is 50.0 Å². The van der Waals surface area contributed by atoms with Gasteiger partial charge in [0.1, 0.15) is 0 Å². The topological polar surface area (TPSA) is 97.3 Å². The molecule has 8 heteroatoms. The third-order valence-corrected chi connectivity index (χ3v) is 9.20. The molecule has 52 heavy (non-hydrogen) atoms. The van der Waals surface area contributed by atoms with Gasteiger partial charge in [-0.2, -0.15) is 0 Å². The second kappa shape index (κ2) is 17.9. The fourth-order valence-electron chi connectivity index (χ4n) is 6.52. The molecule has 0 bridgehead atoms. The molecular formula is C44H46N2O6. The van der Waals surface area contributed by atoms with Crippen LogP contribution in [0.1, 0.15) is 66.0 Å². The smallest absolute Gasteiger partial charge is 0.303 e. The molecule has 2 N–H and O–H groups in total. The standard InChI is InChI=1S/C44H46N2O6/c1-31(50-32(2)48)43(49)45-26-36-14-9-15-40(24-36)37-20-22-39(23-21-37)44-51-41(25-42(52-44)38-18-16-35(30-47)17-19-38)29-46(27-33-10-5-3-6-11-33)28-34-12-7-4-8-13-34/h3-24,31,41-42,44,47H,25-30H2,1-2H3,(H,45,49)/t31-,41-,42+,44+/m0/s1. The molecule has 0 saturated carbocycles. The zero-order valence-corrected chi connectivity index (χ0v) is 29.7. The number of nitrogens with one attached hydrogen (secondary N) is 1. The second-order valence-electron chi connectivity index (χ2n) is 13.3. The van der Waals surface area contributed by atoms with Crippen LogP contribution < -0.4 is 5.32 Å². The Hall–Kier alpha value is -5.12. The van der Waals surface area contributed by atoms with Gasteiger partial charge in [0.05, 0.1) is 18.8 Å². The highest BCUT2D eigenvalue weighted by atomic mass is 16.7. The van der Waals surface area contributed by atoms with Gasteiger partial charge in [-0.15, -0.1) is 0 Å². The Morgan fingerprint density at radius 1 is 0.750 bits per heavy atom. The molecule has 5 aromatic carbocycles. The molecule has 1 amide bonds. The van der Waals surface area contributed by atoms with Crippen molar-refractivity contribution in [3.63, 3.8) is 0 Å². The molecule has 1 aliphatic rings. The van der Waals surface area contributed by atoms with Gasteiger partial charge in [0, 0.05) is 45.1 Å². The molecule has 0 radical (unpaired) electrons. The van der Waals surface area contributed by atoms with Gasteiger partial charge in [-0.1, -0.05) is 127 Å². The van der Waals surface area contributed by atoms with E-state index in [-0.39, 0.29) is 24.7 Å². The van der Waals surface area contributed by atoms with Crippen molar-refractivity contribution in [2.45, 2.75) is 71.1 Å². The predicted molar refractivity (Wildman–Crippen MR) is 200 cm³/mol. The van der Waals surface area contributed by atoms with Gasteiger partial charge < -0.3 is 24.6 Å². The highest BCUT2D eigenvalue weighted by Gasteiger charge is 2.33. The number of amides is 1. The number of benzene rings is 5. The number of nitrogens with zero attached hydrogens (tertiary/aromatic N) is 1. The van der Waals surface area contributed by atoms with E-state index < -0.39 is 18.4 Å². The van der Waals surface area contributed by atoms with Crippen molar-refractivity contribution in [2.24, 2.45) is 0 Å². The molecule has 1 fully saturated rings. The average molecular weight is 699 g/mol. The van der Waals surface area contributed by atoms with Crippen LogP contribution in [0.5, 0.6) is 0 Å². The normalized spacial score (nSPS) is 17.7. The van der Waals surface area contributed by atoms with E-state index in [1.807, 2.05) is 60.7 Å². The van der Waals surface area contributed by atoms with Gasteiger partial charge in [-0.25, -0.2) is 0 Å². The lowest BCUT2D eigenvalue weighted by Gasteiger charge is -2.38. The van der Waals surface area contributed by atoms with E-state index in [1.54, 1.807) is 6.92 Å². The van der Waals surface area contributed by atoms with Crippen molar-refractivity contribution in [3.8, 4) is 11.1 Å². The molecule has 0 unspecified atom stereocenters. The van der Waals surface area contributed by atoms with Crippen molar-refractivity contribution in [1.29, 1.82) is 0 Å². The van der Waals surface area contributed by atoms with Crippen molar-refractivity contribution in [3.05, 3.63) is 167 Å². The molecular weight excluding hydrogens is 652 g/mol. The SMILES string of the molecule is CC(=O)O[C@@H](C)C(=O)NCc1cccc(-c2ccc([C@@H]3O[C@H](CN(Cc4ccccc4)Cc4ccccc4)C[C@H](c4ccc(CO)cc4)O3)cc2)c1. The van der Waals surface area contributed by atoms with E-state index in [4.69, 9.17) is 14.2 Å². The van der Waals surface area contributed by atoms with Gasteiger partial charge >= 0.3 is 5.97 Å². The van der Waals surface area contributed by atoms with Crippen molar-refractivity contribution in [2.75, 3.05) is 6.54 Å². The fourth-order valence-corrected chi connectivity index (χ4v) is 6.52. The van der Waals surface area contributed by atoms with Gasteiger partial charge in [0.25, 0.3) is 5.91 Å². The van der Waals surface area contributed by atoms with E-state index >= 15 is 0 Å². The Bertz CT molecular complexity index is 1840. The van der Waals surface area contributed by atoms with Crippen LogP contribution in [0, 0.1) is 0 Å². The summed E-state index contributed by atoms with van der Waals surface area (Å²) in [4.78, 5) is 26.0. The zero-order valence-electron chi connectivity index (χ0n) is 29.7. The van der Waals surface area contributed by atoms with Crippen LogP contribution >= 0.6 is 0 Å². The summed E-state index contributed by atoms with van der Waals surface area (Å²) in [6, 6.07) is 45.2. The van der Waals surface area contributed by atoms with E-state index in [9.17, 15) is 14.7 Å². The van der Waals surface area contributed by atoms with Crippen molar-refractivity contribution >= 4 is 11.9 Å². The number of ether oxygens (including phenoxy) is 3. The first kappa shape index (κ1) is 36.7. The first-order valence-corrected chi connectivity index (χ1v) is 17.8. The molecule has 1 heterocycles. The molecule has 0 aromatic heterocycles. The number of hydrogen-bond acceptors (Lipinski definition) is 7. The van der Waals surface area contributed by atoms with E-state index in [0.717, 1.165) is 53.0 Å². The summed E-state index contributed by atoms with van der Waals surface area (Å²) < 4.78 is 18.4. The number of aliphatic hydroxyl groups excluding tert-OH is 1. The summed E-state index contributed by atoms with van der Waals surface area (Å²) in [7, 11) is 0. The molecule has 268 valence electrons. The summed E-state index contributed by atoms with van der Waals surface area (Å²) in [5, 5.41) is 12.5. The number of aliphatic hydroxyl groups is 1. The van der Waals surface area contributed by atoms with Crippen LogP contribution in [-0.4, -0.2) is 40.6 Å². The van der Waals surface area contributed by atoms with Crippen molar-refractivity contribution < 1.29 is 28.9 Å². The number of rotatable bonds is 14. The third kappa shape index (κ3) is 10.2. The summed E-state index contributed by atoms with van der Waals surface area (Å²) in [5.41, 5.74) is 8.28. The summed E-state index contributed by atoms with van der Waals surface area (Å²) in [5.74, 6) is -0.838. The first-order chi connectivity index (χ1) is 25.3. The lowest BCUT2D eigenvalue weighted by Crippen LogP contribution is -2.39. The number of carbonyl (C=O) groups is 2. The van der Waals surface area contributed by atoms with Crippen molar-refractivity contribution in [1.82, 2.24) is 10.2 Å². The van der Waals surface area contributed by atoms with Crippen LogP contribution in [0.2, 0.25) is 0 Å². The molecule has 4 atom stereocenters. The number of carbonyl (C=O) groups excluding carboxylic acids is 2. The van der Waals surface area contributed by atoms with Crippen LogP contribution in [0.15, 0.2) is 133 Å². The molecule has 0 spiro atoms. The summed E-state index contributed by atoms with van der Waals surface area (Å²) in [6.45, 7) is 5.44. The molecule has 1 aliphatic heterocycles. The maximum absolute atomic E-state index is 12.4. The number of hydrogen-bond donors (Lipinski definition) is 2. The minimum Gasteiger partial charge on any atom is -0.453 e. The maximum Gasteiger partial charge on any atom is 0.303 e. The molecule has 6 rings (SSSR count). The molecule has 8 nitrogen and oxygen atoms in total. The second-order valence-corrected chi connectivity index (χ2v) is 13.3. The van der Waals surface area contributed by atoms with E-state index in [2.05, 4.69) is 83.0 Å². The van der Waals surface area contributed by atoms with Gasteiger partial charge in [-0.05, 0) is 51.9 Å². The Labute approximate surface area is 306 Å². The van der Waals surface area contributed by atoms with Gasteiger partial charge in [-0.3, -0.25) is 14.5 Å². The summed E-state index contributed by atoms with van der Waals surface area (Å²) in [6.07, 6.45) is -1.04. The Morgan fingerprint density at radius 2 is 1.37 bits per heavy atom. The number of esters is 1. The summed E-state index contributed by atoms with van der Waals surface area (Å²) >= 11 is 0.